The maximum absolute atomic E-state index is 5.45. The summed E-state index contributed by atoms with van der Waals surface area (Å²) in [5.74, 6) is 1.74. The van der Waals surface area contributed by atoms with Crippen molar-refractivity contribution in [2.45, 2.75) is 25.7 Å². The summed E-state index contributed by atoms with van der Waals surface area (Å²) >= 11 is 0. The summed E-state index contributed by atoms with van der Waals surface area (Å²) in [6, 6.07) is 0. The van der Waals surface area contributed by atoms with E-state index in [4.69, 9.17) is 5.73 Å². The van der Waals surface area contributed by atoms with E-state index in [1.807, 2.05) is 0 Å². The van der Waals surface area contributed by atoms with E-state index < -0.39 is 0 Å². The smallest absolute Gasteiger partial charge is 0.244 e. The largest absolute Gasteiger partial charge is 0.340 e. The van der Waals surface area contributed by atoms with E-state index in [2.05, 4.69) is 20.1 Å². The molecule has 3 N–H and O–H groups in total. The summed E-state index contributed by atoms with van der Waals surface area (Å²) < 4.78 is 0. The van der Waals surface area contributed by atoms with Crippen molar-refractivity contribution in [1.29, 1.82) is 0 Å². The van der Waals surface area contributed by atoms with Crippen molar-refractivity contribution in [2.75, 3.05) is 24.5 Å². The third kappa shape index (κ3) is 2.04. The maximum atomic E-state index is 5.45. The van der Waals surface area contributed by atoms with E-state index in [-0.39, 0.29) is 0 Å². The Balaban J connectivity index is 2.00. The van der Waals surface area contributed by atoms with Crippen LogP contribution in [-0.2, 0) is 6.42 Å². The molecule has 1 saturated heterocycles. The number of aromatic nitrogens is 3. The fourth-order valence-corrected chi connectivity index (χ4v) is 1.77. The molecule has 1 aliphatic rings. The van der Waals surface area contributed by atoms with Crippen LogP contribution in [0.2, 0.25) is 0 Å². The summed E-state index contributed by atoms with van der Waals surface area (Å²) in [6.07, 6.45) is 4.61. The standard InChI is InChI=1S/C9H17N5/c10-5-4-8-11-9(13-12-8)14-6-2-1-3-7-14/h1-7,10H2,(H,11,12,13). The molecule has 2 rings (SSSR count). The van der Waals surface area contributed by atoms with Gasteiger partial charge in [0.1, 0.15) is 5.82 Å². The zero-order valence-corrected chi connectivity index (χ0v) is 8.37. The van der Waals surface area contributed by atoms with Gasteiger partial charge >= 0.3 is 0 Å². The molecule has 5 heteroatoms. The first kappa shape index (κ1) is 9.45. The van der Waals surface area contributed by atoms with Gasteiger partial charge in [-0.1, -0.05) is 0 Å². The fraction of sp³-hybridized carbons (Fsp3) is 0.778. The lowest BCUT2D eigenvalue weighted by Crippen LogP contribution is -2.30. The molecule has 14 heavy (non-hydrogen) atoms. The molecule has 0 saturated carbocycles. The Labute approximate surface area is 83.7 Å². The van der Waals surface area contributed by atoms with Crippen LogP contribution >= 0.6 is 0 Å². The first-order chi connectivity index (χ1) is 6.90. The minimum atomic E-state index is 0.620. The number of piperidine rings is 1. The molecule has 0 bridgehead atoms. The third-order valence-corrected chi connectivity index (χ3v) is 2.54. The summed E-state index contributed by atoms with van der Waals surface area (Å²) in [4.78, 5) is 6.64. The topological polar surface area (TPSA) is 70.8 Å². The van der Waals surface area contributed by atoms with Crippen molar-refractivity contribution in [2.24, 2.45) is 5.73 Å². The van der Waals surface area contributed by atoms with E-state index in [0.29, 0.717) is 6.54 Å². The van der Waals surface area contributed by atoms with Crippen molar-refractivity contribution in [3.8, 4) is 0 Å². The number of H-pyrrole nitrogens is 1. The second kappa shape index (κ2) is 4.41. The number of nitrogens with two attached hydrogens (primary N) is 1. The molecular formula is C9H17N5. The third-order valence-electron chi connectivity index (χ3n) is 2.54. The van der Waals surface area contributed by atoms with Gasteiger partial charge in [-0.25, -0.2) is 0 Å². The molecule has 78 valence electrons. The van der Waals surface area contributed by atoms with Crippen molar-refractivity contribution in [1.82, 2.24) is 15.2 Å². The first-order valence-electron chi connectivity index (χ1n) is 5.26. The van der Waals surface area contributed by atoms with E-state index >= 15 is 0 Å². The molecule has 0 amide bonds. The predicted octanol–water partition coefficient (Wildman–Crippen LogP) is 0.296. The SMILES string of the molecule is NCCc1nc(N2CCCCC2)n[nH]1. The van der Waals surface area contributed by atoms with Crippen LogP contribution < -0.4 is 10.6 Å². The molecule has 0 unspecified atom stereocenters. The van der Waals surface area contributed by atoms with Gasteiger partial charge in [-0.3, -0.25) is 5.10 Å². The Morgan fingerprint density at radius 1 is 1.29 bits per heavy atom. The molecule has 0 atom stereocenters. The maximum Gasteiger partial charge on any atom is 0.244 e. The highest BCUT2D eigenvalue weighted by Gasteiger charge is 2.14. The molecule has 1 aromatic heterocycles. The summed E-state index contributed by atoms with van der Waals surface area (Å²) in [5.41, 5.74) is 5.45. The van der Waals surface area contributed by atoms with Gasteiger partial charge in [-0.15, -0.1) is 5.10 Å². The van der Waals surface area contributed by atoms with Crippen molar-refractivity contribution >= 4 is 5.95 Å². The first-order valence-corrected chi connectivity index (χ1v) is 5.26. The number of rotatable bonds is 3. The van der Waals surface area contributed by atoms with E-state index in [1.165, 1.54) is 19.3 Å². The predicted molar refractivity (Wildman–Crippen MR) is 55.2 cm³/mol. The van der Waals surface area contributed by atoms with Crippen LogP contribution in [-0.4, -0.2) is 34.8 Å². The zero-order chi connectivity index (χ0) is 9.80. The highest BCUT2D eigenvalue weighted by Crippen LogP contribution is 2.14. The van der Waals surface area contributed by atoms with E-state index in [1.54, 1.807) is 0 Å². The second-order valence-electron chi connectivity index (χ2n) is 3.67. The van der Waals surface area contributed by atoms with Gasteiger partial charge in [0.25, 0.3) is 0 Å². The van der Waals surface area contributed by atoms with Crippen LogP contribution in [0.3, 0.4) is 0 Å². The van der Waals surface area contributed by atoms with Gasteiger partial charge in [-0.05, 0) is 25.8 Å². The summed E-state index contributed by atoms with van der Waals surface area (Å²) in [7, 11) is 0. The Kier molecular flexibility index (Phi) is 2.98. The van der Waals surface area contributed by atoms with Crippen LogP contribution in [0, 0.1) is 0 Å². The Hall–Kier alpha value is -1.10. The molecule has 0 spiro atoms. The number of anilines is 1. The van der Waals surface area contributed by atoms with Crippen LogP contribution in [0.15, 0.2) is 0 Å². The van der Waals surface area contributed by atoms with Crippen molar-refractivity contribution in [3.63, 3.8) is 0 Å². The number of nitrogens with zero attached hydrogens (tertiary/aromatic N) is 3. The van der Waals surface area contributed by atoms with Gasteiger partial charge in [0.15, 0.2) is 0 Å². The lowest BCUT2D eigenvalue weighted by Gasteiger charge is -2.24. The second-order valence-corrected chi connectivity index (χ2v) is 3.67. The quantitative estimate of drug-likeness (QED) is 0.727. The Bertz CT molecular complexity index is 276. The van der Waals surface area contributed by atoms with E-state index in [0.717, 1.165) is 31.3 Å². The molecule has 1 aromatic rings. The average Bonchev–Trinajstić information content (AvgIpc) is 2.68. The fourth-order valence-electron chi connectivity index (χ4n) is 1.77. The summed E-state index contributed by atoms with van der Waals surface area (Å²) in [6.45, 7) is 2.79. The molecule has 2 heterocycles. The molecular weight excluding hydrogens is 178 g/mol. The van der Waals surface area contributed by atoms with Gasteiger partial charge in [0, 0.05) is 19.5 Å². The highest BCUT2D eigenvalue weighted by molar-refractivity contribution is 5.28. The lowest BCUT2D eigenvalue weighted by atomic mass is 10.1. The van der Waals surface area contributed by atoms with Crippen LogP contribution in [0.25, 0.3) is 0 Å². The van der Waals surface area contributed by atoms with Gasteiger partial charge in [-0.2, -0.15) is 4.98 Å². The van der Waals surface area contributed by atoms with Gasteiger partial charge in [0.05, 0.1) is 0 Å². The average molecular weight is 195 g/mol. The molecule has 1 aliphatic heterocycles. The molecule has 5 nitrogen and oxygen atoms in total. The number of hydrogen-bond acceptors (Lipinski definition) is 4. The highest BCUT2D eigenvalue weighted by atomic mass is 15.4. The van der Waals surface area contributed by atoms with Gasteiger partial charge < -0.3 is 10.6 Å². The minimum Gasteiger partial charge on any atom is -0.340 e. The van der Waals surface area contributed by atoms with Crippen LogP contribution in [0.5, 0.6) is 0 Å². The number of nitrogens with one attached hydrogen (secondary N) is 1. The van der Waals surface area contributed by atoms with Crippen molar-refractivity contribution < 1.29 is 0 Å². The Morgan fingerprint density at radius 3 is 2.79 bits per heavy atom. The monoisotopic (exact) mass is 195 g/mol. The normalized spacial score (nSPS) is 17.4. The van der Waals surface area contributed by atoms with E-state index in [9.17, 15) is 0 Å². The lowest BCUT2D eigenvalue weighted by molar-refractivity contribution is 0.569. The van der Waals surface area contributed by atoms with Crippen LogP contribution in [0.4, 0.5) is 5.95 Å². The molecule has 1 fully saturated rings. The minimum absolute atomic E-state index is 0.620. The van der Waals surface area contributed by atoms with Crippen molar-refractivity contribution in [3.05, 3.63) is 5.82 Å². The zero-order valence-electron chi connectivity index (χ0n) is 8.37. The molecule has 0 aliphatic carbocycles. The molecule has 0 aromatic carbocycles. The van der Waals surface area contributed by atoms with Crippen LogP contribution in [0.1, 0.15) is 25.1 Å². The Morgan fingerprint density at radius 2 is 2.07 bits per heavy atom. The number of hydrogen-bond donors (Lipinski definition) is 2. The molecule has 0 radical (unpaired) electrons. The summed E-state index contributed by atoms with van der Waals surface area (Å²) in [5, 5.41) is 7.11. The van der Waals surface area contributed by atoms with Gasteiger partial charge in [0.2, 0.25) is 5.95 Å². The number of aromatic amines is 1.